The first-order valence-corrected chi connectivity index (χ1v) is 11.1. The van der Waals surface area contributed by atoms with Gasteiger partial charge in [-0.25, -0.2) is 4.79 Å². The molecule has 0 aliphatic carbocycles. The van der Waals surface area contributed by atoms with Crippen LogP contribution in [0.5, 0.6) is 5.75 Å². The number of hydrogen-bond donors (Lipinski definition) is 2. The van der Waals surface area contributed by atoms with Gasteiger partial charge in [0.1, 0.15) is 12.4 Å². The molecule has 0 spiro atoms. The first kappa shape index (κ1) is 24.2. The average Bonchev–Trinajstić information content (AvgIpc) is 2.73. The van der Waals surface area contributed by atoms with Crippen molar-refractivity contribution in [2.45, 2.75) is 58.4 Å². The molecule has 7 heteroatoms. The SMILES string of the molecule is CCCCCCCCOc1ccc([C@H]2NC(=S)NC(C)=C2C(=O)OCCOC)cc1. The Bertz CT molecular complexity index is 718. The van der Waals surface area contributed by atoms with E-state index in [1.165, 1.54) is 32.1 Å². The van der Waals surface area contributed by atoms with E-state index in [1.54, 1.807) is 7.11 Å². The van der Waals surface area contributed by atoms with E-state index in [2.05, 4.69) is 17.6 Å². The molecule has 0 radical (unpaired) electrons. The molecular weight excluding hydrogens is 400 g/mol. The van der Waals surface area contributed by atoms with Crippen LogP contribution in [0.4, 0.5) is 0 Å². The topological polar surface area (TPSA) is 68.8 Å². The van der Waals surface area contributed by atoms with Gasteiger partial charge in [-0.3, -0.25) is 0 Å². The molecule has 0 unspecified atom stereocenters. The predicted octanol–water partition coefficient (Wildman–Crippen LogP) is 4.41. The van der Waals surface area contributed by atoms with Crippen molar-refractivity contribution < 1.29 is 19.0 Å². The van der Waals surface area contributed by atoms with Crippen molar-refractivity contribution in [1.82, 2.24) is 10.6 Å². The fourth-order valence-electron chi connectivity index (χ4n) is 3.34. The zero-order valence-corrected chi connectivity index (χ0v) is 19.1. The number of methoxy groups -OCH3 is 1. The fourth-order valence-corrected chi connectivity index (χ4v) is 3.61. The molecule has 0 saturated heterocycles. The van der Waals surface area contributed by atoms with Crippen LogP contribution in [0.1, 0.15) is 64.0 Å². The van der Waals surface area contributed by atoms with E-state index < -0.39 is 0 Å². The summed E-state index contributed by atoms with van der Waals surface area (Å²) in [6.07, 6.45) is 7.42. The van der Waals surface area contributed by atoms with Gasteiger partial charge in [-0.15, -0.1) is 0 Å². The molecule has 166 valence electrons. The summed E-state index contributed by atoms with van der Waals surface area (Å²) in [5, 5.41) is 6.66. The van der Waals surface area contributed by atoms with Crippen molar-refractivity contribution in [2.75, 3.05) is 26.9 Å². The summed E-state index contributed by atoms with van der Waals surface area (Å²) in [4.78, 5) is 12.6. The van der Waals surface area contributed by atoms with Crippen LogP contribution < -0.4 is 15.4 Å². The third-order valence-electron chi connectivity index (χ3n) is 4.99. The van der Waals surface area contributed by atoms with Crippen molar-refractivity contribution in [3.8, 4) is 5.75 Å². The lowest BCUT2D eigenvalue weighted by atomic mass is 9.95. The number of ether oxygens (including phenoxy) is 3. The lowest BCUT2D eigenvalue weighted by molar-refractivity contribution is -0.140. The van der Waals surface area contributed by atoms with Crippen LogP contribution in [0, 0.1) is 0 Å². The number of thiocarbonyl (C=S) groups is 1. The Kier molecular flexibility index (Phi) is 10.7. The number of carbonyl (C=O) groups is 1. The molecule has 0 aromatic heterocycles. The second-order valence-corrected chi connectivity index (χ2v) is 7.79. The first-order valence-electron chi connectivity index (χ1n) is 10.7. The van der Waals surface area contributed by atoms with Gasteiger partial charge in [-0.2, -0.15) is 0 Å². The van der Waals surface area contributed by atoms with Crippen molar-refractivity contribution in [2.24, 2.45) is 0 Å². The normalized spacial score (nSPS) is 16.1. The van der Waals surface area contributed by atoms with Crippen molar-refractivity contribution in [3.63, 3.8) is 0 Å². The minimum Gasteiger partial charge on any atom is -0.494 e. The molecule has 2 rings (SSSR count). The molecule has 2 N–H and O–H groups in total. The zero-order valence-electron chi connectivity index (χ0n) is 18.3. The van der Waals surface area contributed by atoms with E-state index in [4.69, 9.17) is 26.4 Å². The third-order valence-corrected chi connectivity index (χ3v) is 5.21. The number of rotatable bonds is 13. The molecular formula is C23H34N2O4S. The van der Waals surface area contributed by atoms with Gasteiger partial charge in [-0.05, 0) is 43.3 Å². The lowest BCUT2D eigenvalue weighted by Gasteiger charge is -2.30. The van der Waals surface area contributed by atoms with Gasteiger partial charge in [0, 0.05) is 12.8 Å². The summed E-state index contributed by atoms with van der Waals surface area (Å²) in [5.41, 5.74) is 2.12. The van der Waals surface area contributed by atoms with Gasteiger partial charge >= 0.3 is 5.97 Å². The van der Waals surface area contributed by atoms with Gasteiger partial charge in [0.25, 0.3) is 0 Å². The summed E-state index contributed by atoms with van der Waals surface area (Å²) in [5.74, 6) is 0.439. The number of benzene rings is 1. The van der Waals surface area contributed by atoms with Crippen molar-refractivity contribution in [1.29, 1.82) is 0 Å². The molecule has 1 aromatic rings. The fraction of sp³-hybridized carbons (Fsp3) is 0.565. The summed E-state index contributed by atoms with van der Waals surface area (Å²) in [6, 6.07) is 7.40. The van der Waals surface area contributed by atoms with Gasteiger partial charge in [-0.1, -0.05) is 51.2 Å². The second kappa shape index (κ2) is 13.2. The van der Waals surface area contributed by atoms with E-state index in [0.717, 1.165) is 24.3 Å². The smallest absolute Gasteiger partial charge is 0.338 e. The Morgan fingerprint density at radius 1 is 1.03 bits per heavy atom. The Hall–Kier alpha value is -2.12. The molecule has 30 heavy (non-hydrogen) atoms. The molecule has 0 fully saturated rings. The summed E-state index contributed by atoms with van der Waals surface area (Å²) < 4.78 is 16.1. The Morgan fingerprint density at radius 3 is 2.43 bits per heavy atom. The van der Waals surface area contributed by atoms with E-state index >= 15 is 0 Å². The summed E-state index contributed by atoms with van der Waals surface area (Å²) in [6.45, 7) is 5.33. The van der Waals surface area contributed by atoms with E-state index in [-0.39, 0.29) is 18.6 Å². The minimum atomic E-state index is -0.388. The molecule has 1 aromatic carbocycles. The Balaban J connectivity index is 1.96. The Morgan fingerprint density at radius 2 is 1.73 bits per heavy atom. The van der Waals surface area contributed by atoms with Crippen LogP contribution in [0.25, 0.3) is 0 Å². The predicted molar refractivity (Wildman–Crippen MR) is 122 cm³/mol. The largest absolute Gasteiger partial charge is 0.494 e. The molecule has 0 amide bonds. The van der Waals surface area contributed by atoms with E-state index in [1.807, 2.05) is 31.2 Å². The maximum atomic E-state index is 12.6. The standard InChI is InChI=1S/C23H34N2O4S/c1-4-5-6-7-8-9-14-28-19-12-10-18(11-13-19)21-20(17(2)24-23(30)25-21)22(26)29-16-15-27-3/h10-13,21H,4-9,14-16H2,1-3H3,(H2,24,25,30)/t21-/m1/s1. The summed E-state index contributed by atoms with van der Waals surface area (Å²) in [7, 11) is 1.57. The van der Waals surface area contributed by atoms with Crippen LogP contribution in [0.15, 0.2) is 35.5 Å². The minimum absolute atomic E-state index is 0.203. The molecule has 0 bridgehead atoms. The molecule has 1 atom stereocenters. The van der Waals surface area contributed by atoms with Gasteiger partial charge in [0.2, 0.25) is 0 Å². The van der Waals surface area contributed by atoms with Gasteiger partial charge in [0.05, 0.1) is 24.8 Å². The molecule has 0 saturated carbocycles. The van der Waals surface area contributed by atoms with Crippen LogP contribution in [-0.2, 0) is 14.3 Å². The number of unbranched alkanes of at least 4 members (excludes halogenated alkanes) is 5. The number of allylic oxidation sites excluding steroid dienone is 1. The maximum Gasteiger partial charge on any atom is 0.338 e. The number of esters is 1. The zero-order chi connectivity index (χ0) is 21.8. The summed E-state index contributed by atoms with van der Waals surface area (Å²) >= 11 is 5.29. The Labute approximate surface area is 185 Å². The number of carbonyl (C=O) groups excluding carboxylic acids is 1. The number of hydrogen-bond acceptors (Lipinski definition) is 5. The van der Waals surface area contributed by atoms with Crippen molar-refractivity contribution >= 4 is 23.3 Å². The van der Waals surface area contributed by atoms with Crippen molar-refractivity contribution in [3.05, 3.63) is 41.1 Å². The second-order valence-electron chi connectivity index (χ2n) is 7.38. The number of nitrogens with one attached hydrogen (secondary N) is 2. The highest BCUT2D eigenvalue weighted by atomic mass is 32.1. The monoisotopic (exact) mass is 434 g/mol. The highest BCUT2D eigenvalue weighted by molar-refractivity contribution is 7.80. The molecule has 1 aliphatic heterocycles. The van der Waals surface area contributed by atoms with Crippen LogP contribution in [-0.4, -0.2) is 38.0 Å². The molecule has 6 nitrogen and oxygen atoms in total. The van der Waals surface area contributed by atoms with Crippen LogP contribution >= 0.6 is 12.2 Å². The van der Waals surface area contributed by atoms with Gasteiger partial charge < -0.3 is 24.8 Å². The lowest BCUT2D eigenvalue weighted by Crippen LogP contribution is -2.45. The average molecular weight is 435 g/mol. The highest BCUT2D eigenvalue weighted by Gasteiger charge is 2.30. The maximum absolute atomic E-state index is 12.6. The molecule has 1 heterocycles. The van der Waals surface area contributed by atoms with Crippen LogP contribution in [0.2, 0.25) is 0 Å². The first-order chi connectivity index (χ1) is 14.6. The van der Waals surface area contributed by atoms with Crippen LogP contribution in [0.3, 0.4) is 0 Å². The van der Waals surface area contributed by atoms with E-state index in [9.17, 15) is 4.79 Å². The van der Waals surface area contributed by atoms with Gasteiger partial charge in [0.15, 0.2) is 5.11 Å². The third kappa shape index (κ3) is 7.61. The van der Waals surface area contributed by atoms with E-state index in [0.29, 0.717) is 23.0 Å². The molecule has 1 aliphatic rings. The highest BCUT2D eigenvalue weighted by Crippen LogP contribution is 2.29. The quantitative estimate of drug-likeness (QED) is 0.271.